The fourth-order valence-electron chi connectivity index (χ4n) is 0.940. The lowest BCUT2D eigenvalue weighted by molar-refractivity contribution is -0.142. The minimum Gasteiger partial charge on any atom is -0.480 e. The molecule has 0 aromatic rings. The van der Waals surface area contributed by atoms with E-state index in [1.54, 1.807) is 13.0 Å². The number of nitrogens with one attached hydrogen (secondary N) is 1. The summed E-state index contributed by atoms with van der Waals surface area (Å²) in [6.45, 7) is 2.41. The molecule has 0 aliphatic carbocycles. The average Bonchev–Trinajstić information content (AvgIpc) is 1.89. The molecular weight excluding hydrogens is 166 g/mol. The van der Waals surface area contributed by atoms with E-state index in [0.717, 1.165) is 13.0 Å². The molecule has 0 saturated carbocycles. The highest BCUT2D eigenvalue weighted by molar-refractivity contribution is 5.85. The number of rotatable bonds is 1. The predicted octanol–water partition coefficient (Wildman–Crippen LogP) is 0.801. The maximum Gasteiger partial charge on any atom is 0.327 e. The van der Waals surface area contributed by atoms with E-state index < -0.39 is 11.5 Å². The number of carboxylic acids is 1. The van der Waals surface area contributed by atoms with E-state index in [4.69, 9.17) is 5.11 Å². The smallest absolute Gasteiger partial charge is 0.327 e. The molecule has 0 saturated heterocycles. The molecule has 4 heteroatoms. The minimum atomic E-state index is -0.835. The Morgan fingerprint density at radius 1 is 1.73 bits per heavy atom. The molecule has 0 bridgehead atoms. The van der Waals surface area contributed by atoms with Crippen LogP contribution in [0.3, 0.4) is 0 Å². The summed E-state index contributed by atoms with van der Waals surface area (Å²) in [6.07, 6.45) is 4.51. The highest BCUT2D eigenvalue weighted by atomic mass is 35.5. The van der Waals surface area contributed by atoms with Crippen molar-refractivity contribution in [2.75, 3.05) is 6.54 Å². The van der Waals surface area contributed by atoms with Gasteiger partial charge in [0.05, 0.1) is 0 Å². The molecule has 1 unspecified atom stereocenters. The second-order valence-corrected chi connectivity index (χ2v) is 2.63. The van der Waals surface area contributed by atoms with Gasteiger partial charge in [-0.3, -0.25) is 5.32 Å². The van der Waals surface area contributed by atoms with Gasteiger partial charge in [0, 0.05) is 0 Å². The third-order valence-electron chi connectivity index (χ3n) is 1.70. The van der Waals surface area contributed by atoms with Crippen molar-refractivity contribution in [2.45, 2.75) is 18.9 Å². The first-order valence-electron chi connectivity index (χ1n) is 3.31. The second-order valence-electron chi connectivity index (χ2n) is 2.63. The maximum absolute atomic E-state index is 10.6. The number of carbonyl (C=O) groups is 1. The van der Waals surface area contributed by atoms with Crippen LogP contribution in [0.5, 0.6) is 0 Å². The molecule has 0 aromatic carbocycles. The van der Waals surface area contributed by atoms with Gasteiger partial charge in [0.2, 0.25) is 0 Å². The maximum atomic E-state index is 10.6. The Labute approximate surface area is 71.9 Å². The minimum absolute atomic E-state index is 0. The fraction of sp³-hybridized carbons (Fsp3) is 0.571. The summed E-state index contributed by atoms with van der Waals surface area (Å²) in [6, 6.07) is 0. The third-order valence-corrected chi connectivity index (χ3v) is 1.70. The van der Waals surface area contributed by atoms with Gasteiger partial charge in [-0.05, 0) is 19.9 Å². The quantitative estimate of drug-likeness (QED) is 0.583. The third kappa shape index (κ3) is 2.20. The molecule has 1 rings (SSSR count). The number of aliphatic carboxylic acids is 1. The zero-order chi connectivity index (χ0) is 7.61. The van der Waals surface area contributed by atoms with Crippen molar-refractivity contribution in [3.05, 3.63) is 12.2 Å². The zero-order valence-electron chi connectivity index (χ0n) is 6.33. The first-order valence-corrected chi connectivity index (χ1v) is 3.31. The van der Waals surface area contributed by atoms with E-state index in [1.165, 1.54) is 0 Å². The van der Waals surface area contributed by atoms with E-state index in [2.05, 4.69) is 5.32 Å². The number of carboxylic acid groups (broad SMARTS) is 1. The van der Waals surface area contributed by atoms with Gasteiger partial charge in [0.1, 0.15) is 5.54 Å². The standard InChI is InChI=1S/C7H11NO2.ClH/c1-7(6(9)10)4-2-3-5-8-7;/h2,4,8H,3,5H2,1H3,(H,9,10);1H. The van der Waals surface area contributed by atoms with Crippen LogP contribution in [0, 0.1) is 0 Å². The molecule has 64 valence electrons. The van der Waals surface area contributed by atoms with Crippen LogP contribution in [0.4, 0.5) is 0 Å². The molecule has 3 nitrogen and oxygen atoms in total. The summed E-state index contributed by atoms with van der Waals surface area (Å²) in [5.74, 6) is -0.816. The van der Waals surface area contributed by atoms with Crippen LogP contribution in [-0.2, 0) is 4.79 Å². The van der Waals surface area contributed by atoms with E-state index in [9.17, 15) is 4.79 Å². The van der Waals surface area contributed by atoms with E-state index in [0.29, 0.717) is 0 Å². The number of hydrogen-bond acceptors (Lipinski definition) is 2. The Kier molecular flexibility index (Phi) is 3.55. The van der Waals surface area contributed by atoms with Crippen LogP contribution in [0.25, 0.3) is 0 Å². The summed E-state index contributed by atoms with van der Waals surface area (Å²) >= 11 is 0. The zero-order valence-corrected chi connectivity index (χ0v) is 7.15. The van der Waals surface area contributed by atoms with Gasteiger partial charge in [0.25, 0.3) is 0 Å². The normalized spacial score (nSPS) is 29.2. The Balaban J connectivity index is 0.000001000. The predicted molar refractivity (Wildman–Crippen MR) is 45.0 cm³/mol. The summed E-state index contributed by atoms with van der Waals surface area (Å²) in [5.41, 5.74) is -0.835. The first-order chi connectivity index (χ1) is 4.65. The number of halogens is 1. The average molecular weight is 178 g/mol. The summed E-state index contributed by atoms with van der Waals surface area (Å²) in [5, 5.41) is 11.6. The highest BCUT2D eigenvalue weighted by Crippen LogP contribution is 2.10. The van der Waals surface area contributed by atoms with Crippen molar-refractivity contribution in [1.29, 1.82) is 0 Å². The van der Waals surface area contributed by atoms with Gasteiger partial charge >= 0.3 is 5.97 Å². The SMILES string of the molecule is CC1(C(=O)O)C=CCCN1.Cl. The Bertz CT molecular complexity index is 181. The number of hydrogen-bond donors (Lipinski definition) is 2. The summed E-state index contributed by atoms with van der Waals surface area (Å²) < 4.78 is 0. The Hall–Kier alpha value is -0.540. The molecule has 0 radical (unpaired) electrons. The van der Waals surface area contributed by atoms with Gasteiger partial charge in [0.15, 0.2) is 0 Å². The van der Waals surface area contributed by atoms with Crippen LogP contribution < -0.4 is 5.32 Å². The molecule has 1 atom stereocenters. The Morgan fingerprint density at radius 3 is 2.64 bits per heavy atom. The van der Waals surface area contributed by atoms with Crippen LogP contribution in [0.2, 0.25) is 0 Å². The van der Waals surface area contributed by atoms with Crippen molar-refractivity contribution >= 4 is 18.4 Å². The molecule has 11 heavy (non-hydrogen) atoms. The monoisotopic (exact) mass is 177 g/mol. The van der Waals surface area contributed by atoms with Crippen molar-refractivity contribution < 1.29 is 9.90 Å². The van der Waals surface area contributed by atoms with Gasteiger partial charge in [-0.15, -0.1) is 12.4 Å². The van der Waals surface area contributed by atoms with Gasteiger partial charge in [-0.2, -0.15) is 0 Å². The molecule has 1 heterocycles. The van der Waals surface area contributed by atoms with Crippen molar-refractivity contribution in [3.8, 4) is 0 Å². The lowest BCUT2D eigenvalue weighted by Gasteiger charge is -2.25. The van der Waals surface area contributed by atoms with Crippen LogP contribution in [-0.4, -0.2) is 23.2 Å². The van der Waals surface area contributed by atoms with Crippen molar-refractivity contribution in [2.24, 2.45) is 0 Å². The van der Waals surface area contributed by atoms with Crippen molar-refractivity contribution in [1.82, 2.24) is 5.32 Å². The van der Waals surface area contributed by atoms with Crippen LogP contribution >= 0.6 is 12.4 Å². The summed E-state index contributed by atoms with van der Waals surface area (Å²) in [7, 11) is 0. The van der Waals surface area contributed by atoms with Gasteiger partial charge in [-0.25, -0.2) is 4.79 Å². The largest absolute Gasteiger partial charge is 0.480 e. The van der Waals surface area contributed by atoms with Gasteiger partial charge < -0.3 is 5.11 Å². The lowest BCUT2D eigenvalue weighted by atomic mass is 9.99. The van der Waals surface area contributed by atoms with Gasteiger partial charge in [-0.1, -0.05) is 12.2 Å². The fourth-order valence-corrected chi connectivity index (χ4v) is 0.940. The lowest BCUT2D eigenvalue weighted by Crippen LogP contribution is -2.49. The summed E-state index contributed by atoms with van der Waals surface area (Å²) in [4.78, 5) is 10.6. The molecule has 2 N–H and O–H groups in total. The molecule has 0 aromatic heterocycles. The molecule has 0 amide bonds. The van der Waals surface area contributed by atoms with E-state index >= 15 is 0 Å². The molecule has 0 fully saturated rings. The highest BCUT2D eigenvalue weighted by Gasteiger charge is 2.30. The molecule has 1 aliphatic heterocycles. The molecule has 1 aliphatic rings. The van der Waals surface area contributed by atoms with Crippen LogP contribution in [0.1, 0.15) is 13.3 Å². The molecule has 0 spiro atoms. The second kappa shape index (κ2) is 3.74. The van der Waals surface area contributed by atoms with E-state index in [-0.39, 0.29) is 12.4 Å². The first kappa shape index (κ1) is 10.5. The topological polar surface area (TPSA) is 49.3 Å². The van der Waals surface area contributed by atoms with Crippen LogP contribution in [0.15, 0.2) is 12.2 Å². The van der Waals surface area contributed by atoms with E-state index in [1.807, 2.05) is 6.08 Å². The Morgan fingerprint density at radius 2 is 2.36 bits per heavy atom. The molecular formula is C7H12ClNO2. The van der Waals surface area contributed by atoms with Crippen molar-refractivity contribution in [3.63, 3.8) is 0 Å².